The summed E-state index contributed by atoms with van der Waals surface area (Å²) < 4.78 is 95.1. The number of rotatable bonds is 7. The molecule has 0 saturated carbocycles. The lowest BCUT2D eigenvalue weighted by atomic mass is 9.97. The second kappa shape index (κ2) is 8.44. The highest BCUT2D eigenvalue weighted by atomic mass is 19.4. The van der Waals surface area contributed by atoms with Gasteiger partial charge >= 0.3 is 12.1 Å². The highest BCUT2D eigenvalue weighted by Gasteiger charge is 2.63. The molecule has 0 bridgehead atoms. The van der Waals surface area contributed by atoms with Gasteiger partial charge in [0.05, 0.1) is 5.56 Å². The summed E-state index contributed by atoms with van der Waals surface area (Å²) in [4.78, 5) is 0. The third kappa shape index (κ3) is 4.71. The molecule has 0 unspecified atom stereocenters. The Morgan fingerprint density at radius 3 is 2.22 bits per heavy atom. The quantitative estimate of drug-likeness (QED) is 0.359. The standard InChI is InChI=1S/C21H21F7N4/c1-11(2)15-8-13(7-6-12(15)3)14(9-29)10-30-18-16(19(4,22)23)17(31-32(18)5)20(24,25)21(26,27)28/h6-10,29-30H,1H2,2-5H3/b14-10+,29-9?. The molecule has 0 saturated heterocycles. The average Bonchev–Trinajstić information content (AvgIpc) is 2.99. The Morgan fingerprint density at radius 2 is 1.75 bits per heavy atom. The molecule has 0 aliphatic rings. The monoisotopic (exact) mass is 462 g/mol. The van der Waals surface area contributed by atoms with Gasteiger partial charge in [-0.1, -0.05) is 24.3 Å². The molecule has 2 aromatic rings. The first kappa shape index (κ1) is 25.2. The number of allylic oxidation sites excluding steroid dienone is 2. The van der Waals surface area contributed by atoms with E-state index < -0.39 is 35.1 Å². The molecule has 0 fully saturated rings. The van der Waals surface area contributed by atoms with E-state index in [1.54, 1.807) is 25.1 Å². The predicted octanol–water partition coefficient (Wildman–Crippen LogP) is 6.63. The summed E-state index contributed by atoms with van der Waals surface area (Å²) in [7, 11) is 0.955. The van der Waals surface area contributed by atoms with E-state index in [0.29, 0.717) is 10.2 Å². The molecule has 0 aliphatic carbocycles. The Morgan fingerprint density at radius 1 is 1.16 bits per heavy atom. The molecule has 1 aromatic carbocycles. The summed E-state index contributed by atoms with van der Waals surface area (Å²) >= 11 is 0. The molecule has 0 radical (unpaired) electrons. The van der Waals surface area contributed by atoms with Gasteiger partial charge < -0.3 is 10.7 Å². The maximum absolute atomic E-state index is 14.2. The number of aryl methyl sites for hydroxylation is 2. The van der Waals surface area contributed by atoms with Crippen LogP contribution < -0.4 is 5.32 Å². The van der Waals surface area contributed by atoms with E-state index >= 15 is 0 Å². The smallest absolute Gasteiger partial charge is 0.346 e. The number of hydrogen-bond acceptors (Lipinski definition) is 3. The van der Waals surface area contributed by atoms with Crippen molar-refractivity contribution in [2.75, 3.05) is 5.32 Å². The van der Waals surface area contributed by atoms with Gasteiger partial charge in [0.25, 0.3) is 5.92 Å². The van der Waals surface area contributed by atoms with Crippen LogP contribution in [-0.4, -0.2) is 22.2 Å². The van der Waals surface area contributed by atoms with Gasteiger partial charge in [-0.25, -0.2) is 8.78 Å². The molecule has 0 amide bonds. The Bertz CT molecular complexity index is 1070. The molecule has 1 aromatic heterocycles. The molecule has 0 aliphatic heterocycles. The Labute approximate surface area is 179 Å². The van der Waals surface area contributed by atoms with Gasteiger partial charge in [0, 0.05) is 32.0 Å². The van der Waals surface area contributed by atoms with Crippen molar-refractivity contribution in [2.45, 2.75) is 38.8 Å². The van der Waals surface area contributed by atoms with Gasteiger partial charge in [-0.2, -0.15) is 27.1 Å². The molecule has 1 heterocycles. The number of alkyl halides is 7. The Balaban J connectivity index is 2.62. The lowest BCUT2D eigenvalue weighted by molar-refractivity contribution is -0.291. The maximum atomic E-state index is 14.2. The van der Waals surface area contributed by atoms with Crippen molar-refractivity contribution in [3.8, 4) is 0 Å². The van der Waals surface area contributed by atoms with Crippen LogP contribution >= 0.6 is 0 Å². The van der Waals surface area contributed by atoms with Crippen LogP contribution in [-0.2, 0) is 18.9 Å². The van der Waals surface area contributed by atoms with Crippen molar-refractivity contribution < 1.29 is 30.7 Å². The molecule has 0 atom stereocenters. The van der Waals surface area contributed by atoms with E-state index in [2.05, 4.69) is 17.0 Å². The average molecular weight is 462 g/mol. The van der Waals surface area contributed by atoms with Gasteiger partial charge in [0.2, 0.25) is 0 Å². The summed E-state index contributed by atoms with van der Waals surface area (Å²) in [6.07, 6.45) is -4.18. The molecular weight excluding hydrogens is 441 g/mol. The molecule has 4 nitrogen and oxygen atoms in total. The summed E-state index contributed by atoms with van der Waals surface area (Å²) in [6.45, 7) is 7.66. The number of nitrogens with one attached hydrogen (secondary N) is 2. The second-order valence-electron chi connectivity index (χ2n) is 7.35. The van der Waals surface area contributed by atoms with Gasteiger partial charge in [-0.3, -0.25) is 4.68 Å². The zero-order valence-corrected chi connectivity index (χ0v) is 17.6. The molecule has 32 heavy (non-hydrogen) atoms. The van der Waals surface area contributed by atoms with Crippen LogP contribution in [0.4, 0.5) is 36.6 Å². The zero-order chi connectivity index (χ0) is 24.6. The number of halogens is 7. The summed E-state index contributed by atoms with van der Waals surface area (Å²) in [6, 6.07) is 5.08. The molecule has 2 N–H and O–H groups in total. The van der Waals surface area contributed by atoms with E-state index in [0.717, 1.165) is 36.2 Å². The topological polar surface area (TPSA) is 53.7 Å². The summed E-state index contributed by atoms with van der Waals surface area (Å²) in [5, 5.41) is 13.0. The van der Waals surface area contributed by atoms with Crippen LogP contribution in [0.25, 0.3) is 11.1 Å². The summed E-state index contributed by atoms with van der Waals surface area (Å²) in [5.74, 6) is -10.4. The lowest BCUT2D eigenvalue weighted by Crippen LogP contribution is -2.36. The summed E-state index contributed by atoms with van der Waals surface area (Å²) in [5.41, 5.74) is -0.630. The van der Waals surface area contributed by atoms with Gasteiger partial charge in [-0.05, 0) is 36.6 Å². The zero-order valence-electron chi connectivity index (χ0n) is 17.6. The van der Waals surface area contributed by atoms with Crippen molar-refractivity contribution in [3.05, 3.63) is 58.9 Å². The van der Waals surface area contributed by atoms with Crippen molar-refractivity contribution in [1.29, 1.82) is 5.41 Å². The maximum Gasteiger partial charge on any atom is 0.459 e. The first-order valence-corrected chi connectivity index (χ1v) is 9.16. The van der Waals surface area contributed by atoms with Crippen LogP contribution in [0, 0.1) is 12.3 Å². The minimum absolute atomic E-state index is 0.156. The number of benzene rings is 1. The number of aromatic nitrogens is 2. The minimum Gasteiger partial charge on any atom is -0.346 e. The van der Waals surface area contributed by atoms with Crippen molar-refractivity contribution in [3.63, 3.8) is 0 Å². The third-order valence-electron chi connectivity index (χ3n) is 4.69. The number of nitrogens with zero attached hydrogens (tertiary/aromatic N) is 2. The molecule has 2 rings (SSSR count). The van der Waals surface area contributed by atoms with Crippen LogP contribution in [0.3, 0.4) is 0 Å². The fourth-order valence-corrected chi connectivity index (χ4v) is 3.08. The highest BCUT2D eigenvalue weighted by molar-refractivity contribution is 6.09. The van der Waals surface area contributed by atoms with Gasteiger partial charge in [0.15, 0.2) is 5.69 Å². The Hall–Kier alpha value is -3.11. The lowest BCUT2D eigenvalue weighted by Gasteiger charge is -2.21. The van der Waals surface area contributed by atoms with Crippen LogP contribution in [0.5, 0.6) is 0 Å². The van der Waals surface area contributed by atoms with Gasteiger partial charge in [0.1, 0.15) is 5.82 Å². The SMILES string of the molecule is C=C(C)c1cc(/C(C=N)=C/Nc2c(C(C)(F)F)c(C(F)(F)C(F)(F)F)nn2C)ccc1C. The Kier molecular flexibility index (Phi) is 6.63. The fraction of sp³-hybridized carbons (Fsp3) is 0.333. The fourth-order valence-electron chi connectivity index (χ4n) is 3.08. The van der Waals surface area contributed by atoms with Crippen molar-refractivity contribution in [1.82, 2.24) is 9.78 Å². The van der Waals surface area contributed by atoms with E-state index in [1.165, 1.54) is 0 Å². The highest BCUT2D eigenvalue weighted by Crippen LogP contribution is 2.49. The van der Waals surface area contributed by atoms with E-state index in [1.807, 2.05) is 6.92 Å². The van der Waals surface area contributed by atoms with Crippen molar-refractivity contribution in [2.24, 2.45) is 7.05 Å². The van der Waals surface area contributed by atoms with Crippen LogP contribution in [0.2, 0.25) is 0 Å². The number of anilines is 1. The first-order valence-electron chi connectivity index (χ1n) is 9.16. The third-order valence-corrected chi connectivity index (χ3v) is 4.69. The van der Waals surface area contributed by atoms with E-state index in [-0.39, 0.29) is 12.5 Å². The van der Waals surface area contributed by atoms with E-state index in [4.69, 9.17) is 5.41 Å². The largest absolute Gasteiger partial charge is 0.459 e. The normalized spacial score (nSPS) is 13.3. The van der Waals surface area contributed by atoms with E-state index in [9.17, 15) is 30.7 Å². The van der Waals surface area contributed by atoms with Crippen molar-refractivity contribution >= 4 is 23.2 Å². The predicted molar refractivity (Wildman–Crippen MR) is 109 cm³/mol. The van der Waals surface area contributed by atoms with Crippen LogP contribution in [0.1, 0.15) is 41.8 Å². The molecular formula is C21H21F7N4. The number of hydrogen-bond donors (Lipinski definition) is 2. The minimum atomic E-state index is -6.12. The van der Waals surface area contributed by atoms with Crippen LogP contribution in [0.15, 0.2) is 31.0 Å². The molecule has 174 valence electrons. The molecule has 0 spiro atoms. The first-order chi connectivity index (χ1) is 14.5. The second-order valence-corrected chi connectivity index (χ2v) is 7.35. The molecule has 11 heteroatoms. The van der Waals surface area contributed by atoms with Gasteiger partial charge in [-0.15, -0.1) is 0 Å².